The molecule has 1 aliphatic rings. The Bertz CT molecular complexity index is 528. The Kier molecular flexibility index (Phi) is 6.75. The van der Waals surface area contributed by atoms with E-state index in [2.05, 4.69) is 31.0 Å². The number of ether oxygens (including phenoxy) is 1. The molecular weight excluding hydrogens is 326 g/mol. The molecule has 1 aliphatic heterocycles. The highest BCUT2D eigenvalue weighted by atomic mass is 35.5. The fourth-order valence-corrected chi connectivity index (χ4v) is 2.89. The quantitative estimate of drug-likeness (QED) is 0.845. The molecule has 0 atom stereocenters. The fraction of sp³-hybridized carbons (Fsp3) is 0.611. The first-order valence-corrected chi connectivity index (χ1v) is 8.90. The molecular formula is C18H28ClN3O2. The summed E-state index contributed by atoms with van der Waals surface area (Å²) < 4.78 is 5.59. The van der Waals surface area contributed by atoms with Crippen LogP contribution < -0.4 is 10.1 Å². The number of nitrogens with zero attached hydrogens (tertiary/aromatic N) is 2. The number of hydrogen-bond donors (Lipinski definition) is 1. The zero-order valence-corrected chi connectivity index (χ0v) is 15.6. The highest BCUT2D eigenvalue weighted by molar-refractivity contribution is 6.30. The van der Waals surface area contributed by atoms with Crippen LogP contribution in [0, 0.1) is 0 Å². The predicted octanol–water partition coefficient (Wildman–Crippen LogP) is 3.23. The van der Waals surface area contributed by atoms with E-state index < -0.39 is 0 Å². The number of rotatable bonds is 4. The molecule has 0 unspecified atom stereocenters. The van der Waals surface area contributed by atoms with Crippen LogP contribution in [0.2, 0.25) is 5.02 Å². The van der Waals surface area contributed by atoms with E-state index in [1.807, 2.05) is 17.0 Å². The third-order valence-corrected chi connectivity index (χ3v) is 4.44. The minimum absolute atomic E-state index is 0.00883. The van der Waals surface area contributed by atoms with Gasteiger partial charge >= 0.3 is 6.03 Å². The molecule has 5 nitrogen and oxygen atoms in total. The van der Waals surface area contributed by atoms with Gasteiger partial charge in [-0.1, -0.05) is 11.6 Å². The van der Waals surface area contributed by atoms with E-state index in [4.69, 9.17) is 16.3 Å². The molecule has 0 bridgehead atoms. The molecule has 0 spiro atoms. The Morgan fingerprint density at radius 3 is 2.54 bits per heavy atom. The van der Waals surface area contributed by atoms with Gasteiger partial charge in [0, 0.05) is 36.7 Å². The molecule has 0 aliphatic carbocycles. The lowest BCUT2D eigenvalue weighted by Crippen LogP contribution is -2.46. The van der Waals surface area contributed by atoms with Crippen LogP contribution in [0.4, 0.5) is 4.79 Å². The van der Waals surface area contributed by atoms with Crippen LogP contribution >= 0.6 is 11.6 Å². The Morgan fingerprint density at radius 1 is 1.17 bits per heavy atom. The van der Waals surface area contributed by atoms with Crippen LogP contribution in [0.15, 0.2) is 24.3 Å². The van der Waals surface area contributed by atoms with Crippen molar-refractivity contribution in [1.29, 1.82) is 0 Å². The van der Waals surface area contributed by atoms with Gasteiger partial charge in [0.15, 0.2) is 0 Å². The van der Waals surface area contributed by atoms with E-state index in [1.165, 1.54) is 0 Å². The van der Waals surface area contributed by atoms with Crippen LogP contribution in [0.1, 0.15) is 27.2 Å². The summed E-state index contributed by atoms with van der Waals surface area (Å²) in [6.45, 7) is 11.1. The van der Waals surface area contributed by atoms with Gasteiger partial charge in [0.25, 0.3) is 0 Å². The lowest BCUT2D eigenvalue weighted by atomic mass is 10.1. The summed E-state index contributed by atoms with van der Waals surface area (Å²) >= 11 is 5.83. The van der Waals surface area contributed by atoms with Crippen molar-refractivity contribution in [2.75, 3.05) is 39.3 Å². The van der Waals surface area contributed by atoms with E-state index in [0.717, 1.165) is 38.3 Å². The van der Waals surface area contributed by atoms with Gasteiger partial charge in [-0.3, -0.25) is 4.90 Å². The van der Waals surface area contributed by atoms with Crippen LogP contribution in [0.25, 0.3) is 0 Å². The molecule has 2 amide bonds. The summed E-state index contributed by atoms with van der Waals surface area (Å²) in [5, 5.41) is 3.61. The first-order chi connectivity index (χ1) is 11.4. The van der Waals surface area contributed by atoms with E-state index in [0.29, 0.717) is 18.2 Å². The van der Waals surface area contributed by atoms with Gasteiger partial charge < -0.3 is 15.0 Å². The molecule has 0 aromatic heterocycles. The molecule has 1 saturated heterocycles. The molecule has 2 rings (SSSR count). The molecule has 6 heteroatoms. The topological polar surface area (TPSA) is 44.8 Å². The Hall–Kier alpha value is -1.46. The smallest absolute Gasteiger partial charge is 0.317 e. The summed E-state index contributed by atoms with van der Waals surface area (Å²) in [5.41, 5.74) is 0.152. The Balaban J connectivity index is 1.69. The van der Waals surface area contributed by atoms with Crippen molar-refractivity contribution in [2.24, 2.45) is 0 Å². The second kappa shape index (κ2) is 8.58. The minimum Gasteiger partial charge on any atom is -0.492 e. The van der Waals surface area contributed by atoms with Crippen LogP contribution in [0.3, 0.4) is 0 Å². The number of hydrogen-bond acceptors (Lipinski definition) is 3. The summed E-state index contributed by atoms with van der Waals surface area (Å²) in [5.74, 6) is 0.754. The van der Waals surface area contributed by atoms with Gasteiger partial charge in [0.2, 0.25) is 0 Å². The second-order valence-electron chi connectivity index (χ2n) is 7.03. The number of nitrogens with one attached hydrogen (secondary N) is 1. The van der Waals surface area contributed by atoms with Crippen molar-refractivity contribution in [3.05, 3.63) is 29.3 Å². The van der Waals surface area contributed by atoms with Crippen molar-refractivity contribution in [3.8, 4) is 5.75 Å². The number of halogens is 1. The van der Waals surface area contributed by atoms with Gasteiger partial charge in [-0.05, 0) is 51.5 Å². The lowest BCUT2D eigenvalue weighted by Gasteiger charge is -2.34. The maximum absolute atomic E-state index is 12.3. The van der Waals surface area contributed by atoms with Gasteiger partial charge in [-0.2, -0.15) is 0 Å². The maximum atomic E-state index is 12.3. The largest absolute Gasteiger partial charge is 0.492 e. The van der Waals surface area contributed by atoms with E-state index in [-0.39, 0.29) is 11.6 Å². The highest BCUT2D eigenvalue weighted by Gasteiger charge is 2.25. The molecule has 134 valence electrons. The van der Waals surface area contributed by atoms with Crippen LogP contribution in [-0.4, -0.2) is 60.7 Å². The fourth-order valence-electron chi connectivity index (χ4n) is 2.76. The third kappa shape index (κ3) is 5.87. The molecule has 0 radical (unpaired) electrons. The molecule has 24 heavy (non-hydrogen) atoms. The van der Waals surface area contributed by atoms with Gasteiger partial charge in [-0.15, -0.1) is 0 Å². The number of amides is 2. The van der Waals surface area contributed by atoms with Gasteiger partial charge in [0.1, 0.15) is 12.4 Å². The van der Waals surface area contributed by atoms with Crippen molar-refractivity contribution >= 4 is 17.6 Å². The minimum atomic E-state index is -0.00883. The Labute approximate surface area is 149 Å². The summed E-state index contributed by atoms with van der Waals surface area (Å²) in [6, 6.07) is 7.20. The highest BCUT2D eigenvalue weighted by Crippen LogP contribution is 2.16. The summed E-state index contributed by atoms with van der Waals surface area (Å²) in [7, 11) is 0. The zero-order valence-electron chi connectivity index (χ0n) is 14.8. The molecule has 0 saturated carbocycles. The third-order valence-electron chi connectivity index (χ3n) is 4.19. The average Bonchev–Trinajstić information content (AvgIpc) is 2.79. The molecule has 1 N–H and O–H groups in total. The lowest BCUT2D eigenvalue weighted by molar-refractivity contribution is 0.141. The molecule has 1 heterocycles. The number of carbonyl (C=O) groups excluding carboxylic acids is 1. The normalized spacial score (nSPS) is 16.6. The molecule has 1 fully saturated rings. The Morgan fingerprint density at radius 2 is 1.88 bits per heavy atom. The van der Waals surface area contributed by atoms with E-state index in [9.17, 15) is 4.79 Å². The first kappa shape index (κ1) is 18.9. The predicted molar refractivity (Wildman–Crippen MR) is 97.9 cm³/mol. The zero-order chi connectivity index (χ0) is 17.6. The second-order valence-corrected chi connectivity index (χ2v) is 7.47. The standard InChI is InChI=1S/C18H28ClN3O2/c1-18(2,3)22-11-4-10-21(12-13-22)17(23)20-9-14-24-16-7-5-15(19)6-8-16/h5-8H,4,9-14H2,1-3H3,(H,20,23). The monoisotopic (exact) mass is 353 g/mol. The van der Waals surface area contributed by atoms with Gasteiger partial charge in [-0.25, -0.2) is 4.79 Å². The summed E-state index contributed by atoms with van der Waals surface area (Å²) in [4.78, 5) is 16.6. The van der Waals surface area contributed by atoms with Crippen molar-refractivity contribution in [1.82, 2.24) is 15.1 Å². The summed E-state index contributed by atoms with van der Waals surface area (Å²) in [6.07, 6.45) is 1.01. The molecule has 1 aromatic rings. The van der Waals surface area contributed by atoms with Crippen molar-refractivity contribution in [2.45, 2.75) is 32.7 Å². The number of benzene rings is 1. The van der Waals surface area contributed by atoms with Crippen LogP contribution in [0.5, 0.6) is 5.75 Å². The number of carbonyl (C=O) groups is 1. The van der Waals surface area contributed by atoms with Crippen molar-refractivity contribution < 1.29 is 9.53 Å². The average molecular weight is 354 g/mol. The van der Waals surface area contributed by atoms with E-state index >= 15 is 0 Å². The SMILES string of the molecule is CC(C)(C)N1CCCN(C(=O)NCCOc2ccc(Cl)cc2)CC1. The molecule has 1 aromatic carbocycles. The number of urea groups is 1. The van der Waals surface area contributed by atoms with Gasteiger partial charge in [0.05, 0.1) is 6.54 Å². The maximum Gasteiger partial charge on any atom is 0.317 e. The van der Waals surface area contributed by atoms with Crippen molar-refractivity contribution in [3.63, 3.8) is 0 Å². The van der Waals surface area contributed by atoms with Crippen LogP contribution in [-0.2, 0) is 0 Å². The first-order valence-electron chi connectivity index (χ1n) is 8.52. The van der Waals surface area contributed by atoms with E-state index in [1.54, 1.807) is 12.1 Å².